The van der Waals surface area contributed by atoms with Gasteiger partial charge in [-0.2, -0.15) is 0 Å². The van der Waals surface area contributed by atoms with Gasteiger partial charge in [-0.05, 0) is 52.5 Å². The summed E-state index contributed by atoms with van der Waals surface area (Å²) < 4.78 is 0.955. The highest BCUT2D eigenvalue weighted by atomic mass is 79.9. The Kier molecular flexibility index (Phi) is 3.07. The van der Waals surface area contributed by atoms with Crippen LogP contribution in [0.5, 0.6) is 0 Å². The number of hydrogen-bond acceptors (Lipinski definition) is 2. The van der Waals surface area contributed by atoms with Gasteiger partial charge in [0.2, 0.25) is 5.91 Å². The van der Waals surface area contributed by atoms with Crippen molar-refractivity contribution in [1.82, 2.24) is 0 Å². The predicted octanol–water partition coefficient (Wildman–Crippen LogP) is 1.83. The largest absolute Gasteiger partial charge is 0.330 e. The van der Waals surface area contributed by atoms with E-state index in [0.717, 1.165) is 23.0 Å². The minimum absolute atomic E-state index is 0.0924. The van der Waals surface area contributed by atoms with Crippen LogP contribution in [0.25, 0.3) is 0 Å². The Hall–Kier alpha value is -0.870. The van der Waals surface area contributed by atoms with Crippen LogP contribution in [0.15, 0.2) is 16.6 Å². The molecule has 1 aliphatic rings. The molecule has 80 valence electrons. The van der Waals surface area contributed by atoms with Crippen LogP contribution in [0.1, 0.15) is 17.5 Å². The van der Waals surface area contributed by atoms with Crippen LogP contribution in [-0.2, 0) is 17.6 Å². The summed E-state index contributed by atoms with van der Waals surface area (Å²) in [7, 11) is 0. The molecule has 3 N–H and O–H groups in total. The number of halogens is 1. The van der Waals surface area contributed by atoms with Crippen LogP contribution in [0.3, 0.4) is 0 Å². The zero-order chi connectivity index (χ0) is 10.8. The van der Waals surface area contributed by atoms with Gasteiger partial charge < -0.3 is 11.1 Å². The smallest absolute Gasteiger partial charge is 0.224 e. The second-order valence-corrected chi connectivity index (χ2v) is 4.55. The number of fused-ring (bicyclic) bond motifs is 1. The molecule has 1 amide bonds. The molecule has 0 saturated heterocycles. The molecular weight excluding hydrogens is 256 g/mol. The number of carbonyl (C=O) groups excluding carboxylic acids is 1. The van der Waals surface area contributed by atoms with E-state index in [1.165, 1.54) is 11.1 Å². The first kappa shape index (κ1) is 10.6. The third-order valence-corrected chi connectivity index (χ3v) is 3.18. The van der Waals surface area contributed by atoms with Gasteiger partial charge in [-0.25, -0.2) is 0 Å². The number of anilines is 1. The van der Waals surface area contributed by atoms with Crippen LogP contribution in [0.4, 0.5) is 5.69 Å². The molecule has 15 heavy (non-hydrogen) atoms. The number of amides is 1. The molecule has 4 heteroatoms. The molecule has 1 aromatic rings. The molecule has 1 aliphatic heterocycles. The topological polar surface area (TPSA) is 55.1 Å². The van der Waals surface area contributed by atoms with Crippen molar-refractivity contribution in [2.24, 2.45) is 5.73 Å². The summed E-state index contributed by atoms with van der Waals surface area (Å²) in [4.78, 5) is 11.2. The van der Waals surface area contributed by atoms with E-state index >= 15 is 0 Å². The summed E-state index contributed by atoms with van der Waals surface area (Å²) in [5.41, 5.74) is 8.87. The zero-order valence-electron chi connectivity index (χ0n) is 8.35. The molecule has 0 saturated carbocycles. The van der Waals surface area contributed by atoms with Crippen molar-refractivity contribution in [1.29, 1.82) is 0 Å². The van der Waals surface area contributed by atoms with Crippen molar-refractivity contribution in [2.45, 2.75) is 19.3 Å². The van der Waals surface area contributed by atoms with Crippen molar-refractivity contribution < 1.29 is 4.79 Å². The van der Waals surface area contributed by atoms with E-state index < -0.39 is 0 Å². The lowest BCUT2D eigenvalue weighted by Gasteiger charge is -2.19. The summed E-state index contributed by atoms with van der Waals surface area (Å²) in [5, 5.41) is 2.88. The van der Waals surface area contributed by atoms with E-state index in [2.05, 4.69) is 27.3 Å². The van der Waals surface area contributed by atoms with Gasteiger partial charge >= 0.3 is 0 Å². The highest BCUT2D eigenvalue weighted by Crippen LogP contribution is 2.32. The van der Waals surface area contributed by atoms with Crippen molar-refractivity contribution in [3.63, 3.8) is 0 Å². The average Bonchev–Trinajstić information content (AvgIpc) is 2.20. The Balaban J connectivity index is 2.38. The number of carbonyl (C=O) groups is 1. The third kappa shape index (κ3) is 2.21. The lowest BCUT2D eigenvalue weighted by Crippen LogP contribution is -2.19. The van der Waals surface area contributed by atoms with E-state index in [1.807, 2.05) is 6.07 Å². The molecule has 0 aliphatic carbocycles. The number of nitrogens with one attached hydrogen (secondary N) is 1. The Bertz CT molecular complexity index is 404. The SMILES string of the molecule is NCCc1cc(Br)c2c(c1)CCC(=O)N2. The number of rotatable bonds is 2. The van der Waals surface area contributed by atoms with Crippen LogP contribution in [0, 0.1) is 0 Å². The lowest BCUT2D eigenvalue weighted by molar-refractivity contribution is -0.116. The zero-order valence-corrected chi connectivity index (χ0v) is 9.93. The molecular formula is C11H13BrN2O. The fourth-order valence-electron chi connectivity index (χ4n) is 1.82. The maximum Gasteiger partial charge on any atom is 0.224 e. The maximum atomic E-state index is 11.2. The minimum Gasteiger partial charge on any atom is -0.330 e. The van der Waals surface area contributed by atoms with Gasteiger partial charge in [-0.3, -0.25) is 4.79 Å². The van der Waals surface area contributed by atoms with Crippen LogP contribution in [0.2, 0.25) is 0 Å². The average molecular weight is 269 g/mol. The summed E-state index contributed by atoms with van der Waals surface area (Å²) in [6.45, 7) is 0.650. The van der Waals surface area contributed by atoms with E-state index in [0.29, 0.717) is 13.0 Å². The van der Waals surface area contributed by atoms with Crippen molar-refractivity contribution in [3.05, 3.63) is 27.7 Å². The standard InChI is InChI=1S/C11H13BrN2O/c12-9-6-7(3-4-13)5-8-1-2-10(15)14-11(8)9/h5-6H,1-4,13H2,(H,14,15). The Morgan fingerprint density at radius 2 is 2.20 bits per heavy atom. The second-order valence-electron chi connectivity index (χ2n) is 3.70. The molecule has 0 fully saturated rings. The van der Waals surface area contributed by atoms with E-state index in [1.54, 1.807) is 0 Å². The summed E-state index contributed by atoms with van der Waals surface area (Å²) in [6.07, 6.45) is 2.27. The van der Waals surface area contributed by atoms with Crippen molar-refractivity contribution in [3.8, 4) is 0 Å². The van der Waals surface area contributed by atoms with Gasteiger partial charge in [0.05, 0.1) is 5.69 Å². The normalized spacial score (nSPS) is 14.7. The molecule has 3 nitrogen and oxygen atoms in total. The number of nitrogens with two attached hydrogens (primary N) is 1. The molecule has 0 radical (unpaired) electrons. The van der Waals surface area contributed by atoms with Gasteiger partial charge in [0.1, 0.15) is 0 Å². The Labute approximate surface area is 97.2 Å². The first-order chi connectivity index (χ1) is 7.20. The first-order valence-corrected chi connectivity index (χ1v) is 5.81. The van der Waals surface area contributed by atoms with Crippen LogP contribution >= 0.6 is 15.9 Å². The Morgan fingerprint density at radius 1 is 1.40 bits per heavy atom. The van der Waals surface area contributed by atoms with Gasteiger partial charge in [-0.15, -0.1) is 0 Å². The summed E-state index contributed by atoms with van der Waals surface area (Å²) in [5.74, 6) is 0.0924. The second kappa shape index (κ2) is 4.33. The van der Waals surface area contributed by atoms with Crippen molar-refractivity contribution >= 4 is 27.5 Å². The molecule has 0 atom stereocenters. The third-order valence-electron chi connectivity index (χ3n) is 2.55. The molecule has 0 bridgehead atoms. The lowest BCUT2D eigenvalue weighted by atomic mass is 9.99. The maximum absolute atomic E-state index is 11.2. The van der Waals surface area contributed by atoms with Crippen molar-refractivity contribution in [2.75, 3.05) is 11.9 Å². The fourth-order valence-corrected chi connectivity index (χ4v) is 2.47. The van der Waals surface area contributed by atoms with E-state index in [9.17, 15) is 4.79 Å². The van der Waals surface area contributed by atoms with Gasteiger partial charge in [0.25, 0.3) is 0 Å². The fraction of sp³-hybridized carbons (Fsp3) is 0.364. The minimum atomic E-state index is 0.0924. The van der Waals surface area contributed by atoms with Crippen LogP contribution < -0.4 is 11.1 Å². The van der Waals surface area contributed by atoms with E-state index in [4.69, 9.17) is 5.73 Å². The molecule has 0 aromatic heterocycles. The van der Waals surface area contributed by atoms with E-state index in [-0.39, 0.29) is 5.91 Å². The molecule has 1 aromatic carbocycles. The molecule has 2 rings (SSSR count). The molecule has 0 spiro atoms. The predicted molar refractivity (Wildman–Crippen MR) is 63.9 cm³/mol. The summed E-state index contributed by atoms with van der Waals surface area (Å²) >= 11 is 3.47. The number of hydrogen-bond donors (Lipinski definition) is 2. The number of benzene rings is 1. The quantitative estimate of drug-likeness (QED) is 0.860. The highest BCUT2D eigenvalue weighted by Gasteiger charge is 2.17. The monoisotopic (exact) mass is 268 g/mol. The molecule has 0 unspecified atom stereocenters. The van der Waals surface area contributed by atoms with Gasteiger partial charge in [0, 0.05) is 10.9 Å². The highest BCUT2D eigenvalue weighted by molar-refractivity contribution is 9.10. The van der Waals surface area contributed by atoms with Gasteiger partial charge in [-0.1, -0.05) is 6.07 Å². The summed E-state index contributed by atoms with van der Waals surface area (Å²) in [6, 6.07) is 4.16. The first-order valence-electron chi connectivity index (χ1n) is 5.02. The van der Waals surface area contributed by atoms with Gasteiger partial charge in [0.15, 0.2) is 0 Å². The van der Waals surface area contributed by atoms with Crippen LogP contribution in [-0.4, -0.2) is 12.5 Å². The molecule has 1 heterocycles. The number of aryl methyl sites for hydroxylation is 1. The Morgan fingerprint density at radius 3 is 2.93 bits per heavy atom.